The zero-order chi connectivity index (χ0) is 18.1. The van der Waals surface area contributed by atoms with Crippen LogP contribution < -0.4 is 5.32 Å². The summed E-state index contributed by atoms with van der Waals surface area (Å²) < 4.78 is 10.3. The highest BCUT2D eigenvalue weighted by Crippen LogP contribution is 2.49. The molecule has 26 heavy (non-hydrogen) atoms. The first-order chi connectivity index (χ1) is 12.6. The number of ether oxygens (including phenoxy) is 1. The van der Waals surface area contributed by atoms with Gasteiger partial charge < -0.3 is 14.5 Å². The molecule has 0 saturated heterocycles. The molecule has 0 aliphatic heterocycles. The molecule has 2 aromatic heterocycles. The summed E-state index contributed by atoms with van der Waals surface area (Å²) in [5.41, 5.74) is 0.696. The first-order valence-electron chi connectivity index (χ1n) is 9.16. The molecule has 138 valence electrons. The van der Waals surface area contributed by atoms with Crippen LogP contribution in [0.5, 0.6) is 0 Å². The zero-order valence-electron chi connectivity index (χ0n) is 14.7. The number of aromatic nitrogens is 2. The third kappa shape index (κ3) is 3.38. The molecule has 7 nitrogen and oxygen atoms in total. The van der Waals surface area contributed by atoms with E-state index >= 15 is 0 Å². The first-order valence-corrected chi connectivity index (χ1v) is 9.16. The van der Waals surface area contributed by atoms with Crippen LogP contribution in [-0.4, -0.2) is 34.7 Å². The number of H-pyrrole nitrogens is 1. The van der Waals surface area contributed by atoms with E-state index in [0.29, 0.717) is 17.4 Å². The van der Waals surface area contributed by atoms with Crippen molar-refractivity contribution >= 4 is 11.9 Å². The molecule has 2 aliphatic rings. The number of esters is 1. The molecule has 2 aromatic rings. The average Bonchev–Trinajstić information content (AvgIpc) is 3.42. The minimum Gasteiger partial charge on any atom is -0.463 e. The lowest BCUT2D eigenvalue weighted by Crippen LogP contribution is -2.42. The van der Waals surface area contributed by atoms with E-state index < -0.39 is 5.97 Å². The molecule has 2 bridgehead atoms. The molecule has 2 fully saturated rings. The molecule has 1 amide bonds. The lowest BCUT2D eigenvalue weighted by Gasteiger charge is -2.28. The van der Waals surface area contributed by atoms with Crippen LogP contribution in [-0.2, 0) is 9.53 Å². The maximum atomic E-state index is 12.1. The molecule has 4 atom stereocenters. The highest BCUT2D eigenvalue weighted by atomic mass is 16.5. The smallest absolute Gasteiger partial charge is 0.356 e. The normalized spacial score (nSPS) is 25.2. The van der Waals surface area contributed by atoms with Gasteiger partial charge in [-0.15, -0.1) is 0 Å². The Hall–Kier alpha value is -2.57. The molecule has 2 aliphatic carbocycles. The zero-order valence-corrected chi connectivity index (χ0v) is 14.7. The summed E-state index contributed by atoms with van der Waals surface area (Å²) in [4.78, 5) is 24.2. The van der Waals surface area contributed by atoms with Gasteiger partial charge in [0.15, 0.2) is 12.4 Å². The van der Waals surface area contributed by atoms with Crippen LogP contribution in [0.2, 0.25) is 0 Å². The van der Waals surface area contributed by atoms with Gasteiger partial charge >= 0.3 is 5.97 Å². The minimum atomic E-state index is -0.613. The number of carbonyl (C=O) groups is 2. The summed E-state index contributed by atoms with van der Waals surface area (Å²) in [5.74, 6) is 1.81. The summed E-state index contributed by atoms with van der Waals surface area (Å²) in [5, 5.41) is 9.60. The highest BCUT2D eigenvalue weighted by molar-refractivity contribution is 5.90. The lowest BCUT2D eigenvalue weighted by atomic mass is 9.84. The van der Waals surface area contributed by atoms with Crippen LogP contribution in [0.15, 0.2) is 28.9 Å². The maximum absolute atomic E-state index is 12.1. The SMILES string of the molecule is CC(NC(=O)COC(=O)c1cc(-c2ccco2)n[nH]1)C1CC2CCC1C2. The second-order valence-electron chi connectivity index (χ2n) is 7.42. The monoisotopic (exact) mass is 357 g/mol. The van der Waals surface area contributed by atoms with Gasteiger partial charge in [0.25, 0.3) is 5.91 Å². The van der Waals surface area contributed by atoms with Crippen LogP contribution in [0.4, 0.5) is 0 Å². The maximum Gasteiger partial charge on any atom is 0.356 e. The molecule has 4 rings (SSSR count). The van der Waals surface area contributed by atoms with E-state index in [9.17, 15) is 9.59 Å². The summed E-state index contributed by atoms with van der Waals surface area (Å²) in [6, 6.07) is 5.14. The summed E-state index contributed by atoms with van der Waals surface area (Å²) in [6.07, 6.45) is 6.66. The number of amides is 1. The second kappa shape index (κ2) is 6.97. The van der Waals surface area contributed by atoms with Gasteiger partial charge in [0.1, 0.15) is 11.4 Å². The Kier molecular flexibility index (Phi) is 4.53. The molecule has 2 N–H and O–H groups in total. The Bertz CT molecular complexity index is 783. The fraction of sp³-hybridized carbons (Fsp3) is 0.526. The fourth-order valence-electron chi connectivity index (χ4n) is 4.49. The van der Waals surface area contributed by atoms with Crippen LogP contribution in [0.1, 0.15) is 43.1 Å². The third-order valence-corrected chi connectivity index (χ3v) is 5.73. The molecular weight excluding hydrogens is 334 g/mol. The van der Waals surface area contributed by atoms with Crippen LogP contribution in [0, 0.1) is 17.8 Å². The average molecular weight is 357 g/mol. The number of hydrogen-bond donors (Lipinski definition) is 2. The number of fused-ring (bicyclic) bond motifs is 2. The highest BCUT2D eigenvalue weighted by Gasteiger charge is 2.42. The topological polar surface area (TPSA) is 97.2 Å². The van der Waals surface area contributed by atoms with E-state index in [1.165, 1.54) is 38.0 Å². The lowest BCUT2D eigenvalue weighted by molar-refractivity contribution is -0.125. The number of aromatic amines is 1. The van der Waals surface area contributed by atoms with Gasteiger partial charge in [0.05, 0.1) is 6.26 Å². The van der Waals surface area contributed by atoms with Crippen LogP contribution in [0.3, 0.4) is 0 Å². The van der Waals surface area contributed by atoms with E-state index in [1.54, 1.807) is 12.1 Å². The predicted octanol–water partition coefficient (Wildman–Crippen LogP) is 2.77. The van der Waals surface area contributed by atoms with Gasteiger partial charge in [-0.2, -0.15) is 5.10 Å². The molecule has 2 heterocycles. The number of carbonyl (C=O) groups excluding carboxylic acids is 2. The van der Waals surface area contributed by atoms with E-state index in [1.807, 2.05) is 0 Å². The van der Waals surface area contributed by atoms with Gasteiger partial charge in [-0.05, 0) is 56.1 Å². The predicted molar refractivity (Wildman–Crippen MR) is 93.1 cm³/mol. The van der Waals surface area contributed by atoms with Crippen molar-refractivity contribution in [3.05, 3.63) is 30.2 Å². The van der Waals surface area contributed by atoms with Crippen LogP contribution >= 0.6 is 0 Å². The molecule has 2 saturated carbocycles. The van der Waals surface area contributed by atoms with Gasteiger partial charge in [-0.3, -0.25) is 9.89 Å². The minimum absolute atomic E-state index is 0.120. The van der Waals surface area contributed by atoms with E-state index in [0.717, 1.165) is 11.8 Å². The molecule has 0 spiro atoms. The Morgan fingerprint density at radius 2 is 2.31 bits per heavy atom. The van der Waals surface area contributed by atoms with Gasteiger partial charge in [-0.25, -0.2) is 4.79 Å². The number of hydrogen-bond acceptors (Lipinski definition) is 5. The van der Waals surface area contributed by atoms with Crippen molar-refractivity contribution < 1.29 is 18.7 Å². The van der Waals surface area contributed by atoms with Gasteiger partial charge in [0.2, 0.25) is 0 Å². The van der Waals surface area contributed by atoms with Crippen molar-refractivity contribution in [2.75, 3.05) is 6.61 Å². The number of rotatable bonds is 6. The van der Waals surface area contributed by atoms with E-state index in [-0.39, 0.29) is 24.2 Å². The van der Waals surface area contributed by atoms with Crippen LogP contribution in [0.25, 0.3) is 11.5 Å². The number of nitrogens with zero attached hydrogens (tertiary/aromatic N) is 1. The summed E-state index contributed by atoms with van der Waals surface area (Å²) in [7, 11) is 0. The molecular formula is C19H23N3O4. The molecule has 7 heteroatoms. The standard InChI is InChI=1S/C19H23N3O4/c1-11(14-8-12-4-5-13(14)7-12)20-18(23)10-26-19(24)16-9-15(21-22-16)17-3-2-6-25-17/h2-3,6,9,11-14H,4-5,7-8,10H2,1H3,(H,20,23)(H,21,22). The Balaban J connectivity index is 1.26. The first kappa shape index (κ1) is 16.9. The van der Waals surface area contributed by atoms with Crippen molar-refractivity contribution in [3.8, 4) is 11.5 Å². The Morgan fingerprint density at radius 3 is 3.00 bits per heavy atom. The Morgan fingerprint density at radius 1 is 1.42 bits per heavy atom. The number of furan rings is 1. The molecule has 0 radical (unpaired) electrons. The fourth-order valence-corrected chi connectivity index (χ4v) is 4.49. The van der Waals surface area contributed by atoms with Crippen molar-refractivity contribution in [3.63, 3.8) is 0 Å². The second-order valence-corrected chi connectivity index (χ2v) is 7.42. The molecule has 0 aromatic carbocycles. The Labute approximate surface area is 151 Å². The van der Waals surface area contributed by atoms with E-state index in [2.05, 4.69) is 22.4 Å². The quantitative estimate of drug-likeness (QED) is 0.775. The van der Waals surface area contributed by atoms with Crippen molar-refractivity contribution in [1.29, 1.82) is 0 Å². The summed E-state index contributed by atoms with van der Waals surface area (Å²) >= 11 is 0. The van der Waals surface area contributed by atoms with Crippen molar-refractivity contribution in [1.82, 2.24) is 15.5 Å². The van der Waals surface area contributed by atoms with E-state index in [4.69, 9.17) is 9.15 Å². The molecule has 4 unspecified atom stereocenters. The van der Waals surface area contributed by atoms with Crippen molar-refractivity contribution in [2.24, 2.45) is 17.8 Å². The van der Waals surface area contributed by atoms with Gasteiger partial charge in [0, 0.05) is 12.1 Å². The number of nitrogens with one attached hydrogen (secondary N) is 2. The largest absolute Gasteiger partial charge is 0.463 e. The van der Waals surface area contributed by atoms with Gasteiger partial charge in [-0.1, -0.05) is 6.42 Å². The summed E-state index contributed by atoms with van der Waals surface area (Å²) in [6.45, 7) is 1.76. The third-order valence-electron chi connectivity index (χ3n) is 5.73. The van der Waals surface area contributed by atoms with Crippen molar-refractivity contribution in [2.45, 2.75) is 38.6 Å².